The van der Waals surface area contributed by atoms with E-state index in [0.717, 1.165) is 5.92 Å². The molecular weight excluding hydrogens is 274 g/mol. The summed E-state index contributed by atoms with van der Waals surface area (Å²) in [6, 6.07) is 7.96. The van der Waals surface area contributed by atoms with Crippen LogP contribution in [0.25, 0.3) is 0 Å². The highest BCUT2D eigenvalue weighted by molar-refractivity contribution is 6.28. The molecule has 0 atom stereocenters. The first-order valence-corrected chi connectivity index (χ1v) is 8.35. The summed E-state index contributed by atoms with van der Waals surface area (Å²) < 4.78 is 0. The van der Waals surface area contributed by atoms with E-state index in [2.05, 4.69) is 19.1 Å². The normalized spacial score (nSPS) is 25.0. The number of hydrogen-bond donors (Lipinski definition) is 0. The van der Waals surface area contributed by atoms with E-state index in [4.69, 9.17) is 0 Å². The number of rotatable bonds is 4. The van der Waals surface area contributed by atoms with E-state index in [1.807, 2.05) is 12.1 Å². The summed E-state index contributed by atoms with van der Waals surface area (Å²) in [6.45, 7) is 2.26. The summed E-state index contributed by atoms with van der Waals surface area (Å²) in [7, 11) is 0. The molecule has 116 valence electrons. The Bertz CT molecular complexity index is 562. The minimum Gasteiger partial charge on any atom is -0.269 e. The Morgan fingerprint density at radius 2 is 1.55 bits per heavy atom. The van der Waals surface area contributed by atoms with Crippen molar-refractivity contribution in [2.24, 2.45) is 5.92 Å². The lowest BCUT2D eigenvalue weighted by molar-refractivity contribution is -0.119. The molecule has 0 unspecified atom stereocenters. The average Bonchev–Trinajstić information content (AvgIpc) is 2.88. The van der Waals surface area contributed by atoms with Gasteiger partial charge < -0.3 is 0 Å². The number of amides is 2. The fraction of sp³-hybridized carbons (Fsp3) is 0.474. The maximum Gasteiger partial charge on any atom is 0.258 e. The maximum absolute atomic E-state index is 11.7. The lowest BCUT2D eigenvalue weighted by Crippen LogP contribution is -2.29. The van der Waals surface area contributed by atoms with Crippen molar-refractivity contribution in [2.75, 3.05) is 4.90 Å². The Balaban J connectivity index is 1.65. The molecule has 3 heteroatoms. The molecule has 1 aromatic carbocycles. The van der Waals surface area contributed by atoms with Crippen LogP contribution in [0.15, 0.2) is 36.4 Å². The van der Waals surface area contributed by atoms with Gasteiger partial charge in [-0.15, -0.1) is 0 Å². The van der Waals surface area contributed by atoms with Gasteiger partial charge in [-0.1, -0.05) is 31.9 Å². The molecule has 1 heterocycles. The van der Waals surface area contributed by atoms with Crippen LogP contribution >= 0.6 is 0 Å². The SMILES string of the molecule is CCCC1CCC(c2ccc(N3C(=O)C=CC3=O)cc2)CC1. The van der Waals surface area contributed by atoms with Crippen LogP contribution in [0, 0.1) is 5.92 Å². The molecule has 3 nitrogen and oxygen atoms in total. The Morgan fingerprint density at radius 3 is 2.09 bits per heavy atom. The molecular formula is C19H23NO2. The van der Waals surface area contributed by atoms with E-state index < -0.39 is 0 Å². The van der Waals surface area contributed by atoms with Gasteiger partial charge in [0.15, 0.2) is 0 Å². The topological polar surface area (TPSA) is 37.4 Å². The zero-order chi connectivity index (χ0) is 15.5. The second-order valence-electron chi connectivity index (χ2n) is 6.44. The third-order valence-corrected chi connectivity index (χ3v) is 4.98. The summed E-state index contributed by atoms with van der Waals surface area (Å²) in [4.78, 5) is 24.6. The van der Waals surface area contributed by atoms with Crippen LogP contribution in [-0.4, -0.2) is 11.8 Å². The van der Waals surface area contributed by atoms with Gasteiger partial charge in [0.2, 0.25) is 0 Å². The van der Waals surface area contributed by atoms with E-state index in [0.29, 0.717) is 11.6 Å². The number of imide groups is 1. The molecule has 0 spiro atoms. The van der Waals surface area contributed by atoms with Crippen molar-refractivity contribution in [3.8, 4) is 0 Å². The van der Waals surface area contributed by atoms with Crippen LogP contribution in [-0.2, 0) is 9.59 Å². The van der Waals surface area contributed by atoms with Crippen molar-refractivity contribution in [1.82, 2.24) is 0 Å². The van der Waals surface area contributed by atoms with E-state index in [-0.39, 0.29) is 11.8 Å². The maximum atomic E-state index is 11.7. The molecule has 1 fully saturated rings. The highest BCUT2D eigenvalue weighted by Gasteiger charge is 2.26. The second kappa shape index (κ2) is 6.47. The molecule has 22 heavy (non-hydrogen) atoms. The van der Waals surface area contributed by atoms with Gasteiger partial charge in [-0.25, -0.2) is 4.90 Å². The highest BCUT2D eigenvalue weighted by Crippen LogP contribution is 2.38. The largest absolute Gasteiger partial charge is 0.269 e. The van der Waals surface area contributed by atoms with Gasteiger partial charge in [0, 0.05) is 12.2 Å². The monoisotopic (exact) mass is 297 g/mol. The molecule has 0 bridgehead atoms. The first-order valence-electron chi connectivity index (χ1n) is 8.35. The summed E-state index contributed by atoms with van der Waals surface area (Å²) in [5.41, 5.74) is 2.01. The van der Waals surface area contributed by atoms with Crippen LogP contribution in [0.1, 0.15) is 56.9 Å². The van der Waals surface area contributed by atoms with Crippen LogP contribution in [0.4, 0.5) is 5.69 Å². The van der Waals surface area contributed by atoms with E-state index in [1.165, 1.54) is 61.1 Å². The van der Waals surface area contributed by atoms with Crippen molar-refractivity contribution < 1.29 is 9.59 Å². The van der Waals surface area contributed by atoms with E-state index in [1.54, 1.807) is 0 Å². The molecule has 0 aromatic heterocycles. The highest BCUT2D eigenvalue weighted by atomic mass is 16.2. The lowest BCUT2D eigenvalue weighted by atomic mass is 9.77. The number of carbonyl (C=O) groups excluding carboxylic acids is 2. The number of anilines is 1. The molecule has 0 N–H and O–H groups in total. The average molecular weight is 297 g/mol. The molecule has 2 amide bonds. The van der Waals surface area contributed by atoms with Gasteiger partial charge in [0.05, 0.1) is 5.69 Å². The Labute approximate surface area is 132 Å². The van der Waals surface area contributed by atoms with Gasteiger partial charge in [-0.05, 0) is 55.2 Å². The standard InChI is InChI=1S/C19H23NO2/c1-2-3-14-4-6-15(7-5-14)16-8-10-17(11-9-16)20-18(21)12-13-19(20)22/h8-15H,2-7H2,1H3. The number of nitrogens with zero attached hydrogens (tertiary/aromatic N) is 1. The van der Waals surface area contributed by atoms with Gasteiger partial charge in [0.1, 0.15) is 0 Å². The van der Waals surface area contributed by atoms with Crippen molar-refractivity contribution in [3.05, 3.63) is 42.0 Å². The van der Waals surface area contributed by atoms with E-state index in [9.17, 15) is 9.59 Å². The van der Waals surface area contributed by atoms with Gasteiger partial charge >= 0.3 is 0 Å². The molecule has 3 rings (SSSR count). The Morgan fingerprint density at radius 1 is 0.955 bits per heavy atom. The van der Waals surface area contributed by atoms with Crippen LogP contribution in [0.5, 0.6) is 0 Å². The number of benzene rings is 1. The van der Waals surface area contributed by atoms with Crippen molar-refractivity contribution in [1.29, 1.82) is 0 Å². The second-order valence-corrected chi connectivity index (χ2v) is 6.44. The predicted octanol–water partition coefficient (Wildman–Crippen LogP) is 4.19. The Hall–Kier alpha value is -1.90. The molecule has 1 aliphatic carbocycles. The minimum atomic E-state index is -0.252. The number of hydrogen-bond acceptors (Lipinski definition) is 2. The number of carbonyl (C=O) groups is 2. The molecule has 1 aliphatic heterocycles. The quantitative estimate of drug-likeness (QED) is 0.781. The fourth-order valence-corrected chi connectivity index (χ4v) is 3.74. The third-order valence-electron chi connectivity index (χ3n) is 4.98. The van der Waals surface area contributed by atoms with Crippen molar-refractivity contribution in [2.45, 2.75) is 51.4 Å². The van der Waals surface area contributed by atoms with Gasteiger partial charge in [0.25, 0.3) is 11.8 Å². The first-order chi connectivity index (χ1) is 10.7. The fourth-order valence-electron chi connectivity index (χ4n) is 3.74. The lowest BCUT2D eigenvalue weighted by Gasteiger charge is -2.28. The van der Waals surface area contributed by atoms with Crippen LogP contribution in [0.3, 0.4) is 0 Å². The summed E-state index contributed by atoms with van der Waals surface area (Å²) in [5, 5.41) is 0. The van der Waals surface area contributed by atoms with Crippen LogP contribution < -0.4 is 4.90 Å². The van der Waals surface area contributed by atoms with E-state index >= 15 is 0 Å². The zero-order valence-corrected chi connectivity index (χ0v) is 13.1. The van der Waals surface area contributed by atoms with Crippen LogP contribution in [0.2, 0.25) is 0 Å². The third kappa shape index (κ3) is 2.99. The summed E-state index contributed by atoms with van der Waals surface area (Å²) >= 11 is 0. The molecule has 0 saturated heterocycles. The van der Waals surface area contributed by atoms with Crippen molar-refractivity contribution in [3.63, 3.8) is 0 Å². The summed E-state index contributed by atoms with van der Waals surface area (Å²) in [5.74, 6) is 1.03. The minimum absolute atomic E-state index is 0.252. The van der Waals surface area contributed by atoms with Gasteiger partial charge in [-0.3, -0.25) is 9.59 Å². The Kier molecular flexibility index (Phi) is 4.41. The summed E-state index contributed by atoms with van der Waals surface area (Å²) in [6.07, 6.45) is 10.5. The van der Waals surface area contributed by atoms with Crippen molar-refractivity contribution >= 4 is 17.5 Å². The molecule has 0 radical (unpaired) electrons. The smallest absolute Gasteiger partial charge is 0.258 e. The zero-order valence-electron chi connectivity index (χ0n) is 13.1. The predicted molar refractivity (Wildman–Crippen MR) is 87.7 cm³/mol. The first kappa shape index (κ1) is 15.0. The molecule has 1 saturated carbocycles. The van der Waals surface area contributed by atoms with Gasteiger partial charge in [-0.2, -0.15) is 0 Å². The molecule has 2 aliphatic rings. The molecule has 1 aromatic rings.